The number of ether oxygens (including phenoxy) is 1. The largest absolute Gasteiger partial charge is 0.458 e. The number of nitrogens with one attached hydrogen (secondary N) is 1. The van der Waals surface area contributed by atoms with E-state index in [0.717, 1.165) is 5.56 Å². The van der Waals surface area contributed by atoms with E-state index in [1.54, 1.807) is 52.0 Å². The Morgan fingerprint density at radius 3 is 2.22 bits per heavy atom. The van der Waals surface area contributed by atoms with Crippen LogP contribution in [0.2, 0.25) is 0 Å². The van der Waals surface area contributed by atoms with Gasteiger partial charge in [0.25, 0.3) is 5.91 Å². The topological polar surface area (TPSA) is 92.8 Å². The second-order valence-corrected chi connectivity index (χ2v) is 10.4. The molecule has 0 bridgehead atoms. The van der Waals surface area contributed by atoms with Crippen LogP contribution in [0.15, 0.2) is 60.7 Å². The summed E-state index contributed by atoms with van der Waals surface area (Å²) in [6.07, 6.45) is 1.54. The molecule has 1 aliphatic heterocycles. The molecule has 0 saturated carbocycles. The molecule has 192 valence electrons. The van der Waals surface area contributed by atoms with E-state index in [4.69, 9.17) is 4.74 Å². The molecule has 7 nitrogen and oxygen atoms in total. The van der Waals surface area contributed by atoms with Gasteiger partial charge in [0, 0.05) is 24.4 Å². The second kappa shape index (κ2) is 12.0. The first kappa shape index (κ1) is 27.1. The van der Waals surface area contributed by atoms with Gasteiger partial charge >= 0.3 is 5.97 Å². The van der Waals surface area contributed by atoms with Gasteiger partial charge in [-0.05, 0) is 57.7 Å². The van der Waals surface area contributed by atoms with Crippen LogP contribution >= 0.6 is 0 Å². The molecule has 1 saturated heterocycles. The Morgan fingerprint density at radius 2 is 1.61 bits per heavy atom. The number of hydrogen-bond donors (Lipinski definition) is 1. The monoisotopic (exact) mass is 492 g/mol. The molecule has 3 rings (SSSR count). The van der Waals surface area contributed by atoms with Crippen LogP contribution in [0.1, 0.15) is 62.9 Å². The SMILES string of the molecule is CC(CC(=O)N1CCC[C@H]1C(=O)OC(C)(C)C)C(=O)C(Cc1ccccc1)NC(=O)c1ccccc1. The molecule has 7 heteroatoms. The van der Waals surface area contributed by atoms with Crippen molar-refractivity contribution in [3.05, 3.63) is 71.8 Å². The van der Waals surface area contributed by atoms with Crippen molar-refractivity contribution in [2.45, 2.75) is 71.1 Å². The summed E-state index contributed by atoms with van der Waals surface area (Å²) in [5.41, 5.74) is 0.732. The molecule has 2 amide bonds. The summed E-state index contributed by atoms with van der Waals surface area (Å²) >= 11 is 0. The third-order valence-corrected chi connectivity index (χ3v) is 6.19. The third-order valence-electron chi connectivity index (χ3n) is 6.19. The molecular weight excluding hydrogens is 456 g/mol. The maximum atomic E-state index is 13.5. The number of benzene rings is 2. The van der Waals surface area contributed by atoms with Gasteiger partial charge in [0.1, 0.15) is 11.6 Å². The number of likely N-dealkylation sites (tertiary alicyclic amines) is 1. The Kier molecular flexibility index (Phi) is 9.02. The third kappa shape index (κ3) is 7.51. The van der Waals surface area contributed by atoms with Crippen LogP contribution in [0, 0.1) is 5.92 Å². The van der Waals surface area contributed by atoms with E-state index in [2.05, 4.69) is 5.32 Å². The summed E-state index contributed by atoms with van der Waals surface area (Å²) < 4.78 is 5.50. The van der Waals surface area contributed by atoms with Crippen LogP contribution in [-0.4, -0.2) is 52.7 Å². The van der Waals surface area contributed by atoms with Crippen LogP contribution in [0.5, 0.6) is 0 Å². The van der Waals surface area contributed by atoms with E-state index in [9.17, 15) is 19.2 Å². The lowest BCUT2D eigenvalue weighted by molar-refractivity contribution is -0.163. The molecule has 2 unspecified atom stereocenters. The summed E-state index contributed by atoms with van der Waals surface area (Å²) in [6.45, 7) is 7.55. The van der Waals surface area contributed by atoms with Crippen LogP contribution in [-0.2, 0) is 25.5 Å². The van der Waals surface area contributed by atoms with Gasteiger partial charge in [-0.2, -0.15) is 0 Å². The predicted molar refractivity (Wildman–Crippen MR) is 137 cm³/mol. The molecule has 0 spiro atoms. The normalized spacial score (nSPS) is 17.2. The molecule has 0 aliphatic carbocycles. The lowest BCUT2D eigenvalue weighted by atomic mass is 9.91. The molecular formula is C29H36N2O5. The molecule has 1 heterocycles. The second-order valence-electron chi connectivity index (χ2n) is 10.4. The standard InChI is InChI=1S/C29H36N2O5/c1-20(18-25(32)31-17-11-16-24(31)28(35)36-29(2,3)4)26(33)23(19-21-12-7-5-8-13-21)30-27(34)22-14-9-6-10-15-22/h5-10,12-15,20,23-24H,11,16-19H2,1-4H3,(H,30,34)/t20?,23?,24-/m0/s1. The Labute approximate surface area is 213 Å². The smallest absolute Gasteiger partial charge is 0.329 e. The predicted octanol–water partition coefficient (Wildman–Crippen LogP) is 3.96. The summed E-state index contributed by atoms with van der Waals surface area (Å²) in [6, 6.07) is 16.8. The summed E-state index contributed by atoms with van der Waals surface area (Å²) in [4.78, 5) is 53.6. The van der Waals surface area contributed by atoms with Gasteiger partial charge in [-0.15, -0.1) is 0 Å². The quantitative estimate of drug-likeness (QED) is 0.535. The average molecular weight is 493 g/mol. The summed E-state index contributed by atoms with van der Waals surface area (Å²) in [5, 5.41) is 2.87. The lowest BCUT2D eigenvalue weighted by Gasteiger charge is -2.28. The highest BCUT2D eigenvalue weighted by Crippen LogP contribution is 2.24. The van der Waals surface area contributed by atoms with Gasteiger partial charge < -0.3 is 15.0 Å². The minimum atomic E-state index is -0.789. The van der Waals surface area contributed by atoms with E-state index < -0.39 is 29.6 Å². The van der Waals surface area contributed by atoms with Crippen LogP contribution < -0.4 is 5.32 Å². The Morgan fingerprint density at radius 1 is 1.00 bits per heavy atom. The van der Waals surface area contributed by atoms with E-state index in [0.29, 0.717) is 31.4 Å². The minimum absolute atomic E-state index is 0.0371. The van der Waals surface area contributed by atoms with Gasteiger partial charge in [0.05, 0.1) is 6.04 Å². The van der Waals surface area contributed by atoms with Gasteiger partial charge in [0.15, 0.2) is 5.78 Å². The van der Waals surface area contributed by atoms with E-state index in [-0.39, 0.29) is 24.0 Å². The molecule has 36 heavy (non-hydrogen) atoms. The van der Waals surface area contributed by atoms with Crippen LogP contribution in [0.25, 0.3) is 0 Å². The Balaban J connectivity index is 1.70. The highest BCUT2D eigenvalue weighted by molar-refractivity contribution is 5.99. The number of carbonyl (C=O) groups is 4. The zero-order valence-corrected chi connectivity index (χ0v) is 21.5. The van der Waals surface area contributed by atoms with Crippen molar-refractivity contribution in [3.8, 4) is 0 Å². The number of hydrogen-bond acceptors (Lipinski definition) is 5. The maximum Gasteiger partial charge on any atom is 0.329 e. The van der Waals surface area contributed by atoms with E-state index in [1.165, 1.54) is 4.90 Å². The first-order chi connectivity index (χ1) is 17.0. The van der Waals surface area contributed by atoms with Crippen molar-refractivity contribution in [3.63, 3.8) is 0 Å². The first-order valence-corrected chi connectivity index (χ1v) is 12.5. The zero-order chi connectivity index (χ0) is 26.3. The number of esters is 1. The van der Waals surface area contributed by atoms with E-state index in [1.807, 2.05) is 36.4 Å². The minimum Gasteiger partial charge on any atom is -0.458 e. The van der Waals surface area contributed by atoms with Gasteiger partial charge in [-0.25, -0.2) is 4.79 Å². The molecule has 1 aliphatic rings. The van der Waals surface area contributed by atoms with Gasteiger partial charge in [0.2, 0.25) is 5.91 Å². The molecule has 0 radical (unpaired) electrons. The molecule has 1 fully saturated rings. The van der Waals surface area contributed by atoms with Crippen molar-refractivity contribution in [2.75, 3.05) is 6.54 Å². The first-order valence-electron chi connectivity index (χ1n) is 12.5. The number of rotatable bonds is 9. The fraction of sp³-hybridized carbons (Fsp3) is 0.448. The molecule has 2 aromatic carbocycles. The highest BCUT2D eigenvalue weighted by atomic mass is 16.6. The molecule has 0 aromatic heterocycles. The Bertz CT molecular complexity index is 1060. The molecule has 1 N–H and O–H groups in total. The zero-order valence-electron chi connectivity index (χ0n) is 21.5. The average Bonchev–Trinajstić information content (AvgIpc) is 3.34. The summed E-state index contributed by atoms with van der Waals surface area (Å²) in [5.74, 6) is -1.86. The highest BCUT2D eigenvalue weighted by Gasteiger charge is 2.38. The van der Waals surface area contributed by atoms with Crippen molar-refractivity contribution in [1.29, 1.82) is 0 Å². The Hall–Kier alpha value is -3.48. The van der Waals surface area contributed by atoms with Crippen LogP contribution in [0.4, 0.5) is 0 Å². The lowest BCUT2D eigenvalue weighted by Crippen LogP contribution is -2.47. The van der Waals surface area contributed by atoms with Crippen molar-refractivity contribution >= 4 is 23.6 Å². The van der Waals surface area contributed by atoms with Crippen molar-refractivity contribution in [2.24, 2.45) is 5.92 Å². The molecule has 2 aromatic rings. The summed E-state index contributed by atoms with van der Waals surface area (Å²) in [7, 11) is 0. The van der Waals surface area contributed by atoms with E-state index >= 15 is 0 Å². The maximum absolute atomic E-state index is 13.5. The fourth-order valence-corrected chi connectivity index (χ4v) is 4.41. The van der Waals surface area contributed by atoms with Crippen molar-refractivity contribution < 1.29 is 23.9 Å². The number of carbonyl (C=O) groups excluding carboxylic acids is 4. The molecule has 3 atom stereocenters. The van der Waals surface area contributed by atoms with Gasteiger partial charge in [-0.3, -0.25) is 14.4 Å². The number of Topliss-reactive ketones (excluding diaryl/α,β-unsaturated/α-hetero) is 1. The number of nitrogens with zero attached hydrogens (tertiary/aromatic N) is 1. The number of ketones is 1. The van der Waals surface area contributed by atoms with Crippen LogP contribution in [0.3, 0.4) is 0 Å². The van der Waals surface area contributed by atoms with Gasteiger partial charge in [-0.1, -0.05) is 55.5 Å². The van der Waals surface area contributed by atoms with Crippen molar-refractivity contribution in [1.82, 2.24) is 10.2 Å². The fourth-order valence-electron chi connectivity index (χ4n) is 4.41. The number of amides is 2.